The van der Waals surface area contributed by atoms with Gasteiger partial charge in [0.1, 0.15) is 10.8 Å². The van der Waals surface area contributed by atoms with Crippen molar-refractivity contribution in [3.8, 4) is 27.6 Å². The third kappa shape index (κ3) is 3.33. The summed E-state index contributed by atoms with van der Waals surface area (Å²) in [6.07, 6.45) is 0.731. The van der Waals surface area contributed by atoms with Gasteiger partial charge < -0.3 is 4.74 Å². The van der Waals surface area contributed by atoms with Gasteiger partial charge in [0.15, 0.2) is 0 Å². The first-order valence-electron chi connectivity index (χ1n) is 8.75. The standard InChI is InChI=1S/C20H20N2O3S2/c1-3-27(23,24)22-10-9-15-11-14(7-8-19(15)22)18-13-26-20(21-18)16-5-4-6-17(12-16)25-2/h4-8,11-13H,3,9-10H2,1-2H3. The number of ether oxygens (including phenoxy) is 1. The molecule has 0 radical (unpaired) electrons. The Morgan fingerprint density at radius 3 is 2.81 bits per heavy atom. The summed E-state index contributed by atoms with van der Waals surface area (Å²) in [5, 5.41) is 2.96. The van der Waals surface area contributed by atoms with Crippen molar-refractivity contribution in [2.75, 3.05) is 23.7 Å². The number of aromatic nitrogens is 1. The minimum atomic E-state index is -3.22. The van der Waals surface area contributed by atoms with Crippen molar-refractivity contribution in [1.29, 1.82) is 0 Å². The fraction of sp³-hybridized carbons (Fsp3) is 0.250. The molecule has 0 atom stereocenters. The molecule has 0 bridgehead atoms. The van der Waals surface area contributed by atoms with Crippen LogP contribution >= 0.6 is 11.3 Å². The molecule has 0 N–H and O–H groups in total. The number of thiazole rings is 1. The van der Waals surface area contributed by atoms with Crippen LogP contribution in [-0.2, 0) is 16.4 Å². The molecule has 0 aliphatic carbocycles. The Kier molecular flexibility index (Phi) is 4.65. The Hall–Kier alpha value is -2.38. The van der Waals surface area contributed by atoms with Gasteiger partial charge in [-0.1, -0.05) is 18.2 Å². The second-order valence-corrected chi connectivity index (χ2v) is 9.38. The molecule has 2 heterocycles. The SMILES string of the molecule is CCS(=O)(=O)N1CCc2cc(-c3csc(-c4cccc(OC)c4)n3)ccc21. The van der Waals surface area contributed by atoms with Gasteiger partial charge in [-0.25, -0.2) is 13.4 Å². The molecule has 4 rings (SSSR count). The predicted molar refractivity (Wildman–Crippen MR) is 110 cm³/mol. The molecule has 5 nitrogen and oxygen atoms in total. The zero-order valence-corrected chi connectivity index (χ0v) is 16.8. The number of hydrogen-bond donors (Lipinski definition) is 0. The number of benzene rings is 2. The molecule has 2 aromatic carbocycles. The molecule has 1 aromatic heterocycles. The monoisotopic (exact) mass is 400 g/mol. The molecule has 0 spiro atoms. The highest BCUT2D eigenvalue weighted by atomic mass is 32.2. The van der Waals surface area contributed by atoms with Crippen LogP contribution in [0, 0.1) is 0 Å². The molecule has 0 amide bonds. The lowest BCUT2D eigenvalue weighted by Gasteiger charge is -2.18. The molecule has 0 saturated carbocycles. The number of sulfonamides is 1. The molecule has 27 heavy (non-hydrogen) atoms. The fourth-order valence-electron chi connectivity index (χ4n) is 3.27. The van der Waals surface area contributed by atoms with Crippen LogP contribution in [-0.4, -0.2) is 32.8 Å². The third-order valence-corrected chi connectivity index (χ3v) is 7.42. The largest absolute Gasteiger partial charge is 0.497 e. The van der Waals surface area contributed by atoms with E-state index in [1.165, 1.54) is 4.31 Å². The molecule has 3 aromatic rings. The maximum Gasteiger partial charge on any atom is 0.234 e. The Labute approximate surface area is 163 Å². The topological polar surface area (TPSA) is 59.5 Å². The van der Waals surface area contributed by atoms with E-state index in [2.05, 4.69) is 6.07 Å². The predicted octanol–water partition coefficient (Wildman–Crippen LogP) is 4.20. The lowest BCUT2D eigenvalue weighted by Crippen LogP contribution is -2.30. The molecule has 0 fully saturated rings. The van der Waals surface area contributed by atoms with Gasteiger partial charge in [-0.2, -0.15) is 0 Å². The normalized spacial score (nSPS) is 13.6. The van der Waals surface area contributed by atoms with Crippen molar-refractivity contribution in [1.82, 2.24) is 4.98 Å². The summed E-state index contributed by atoms with van der Waals surface area (Å²) in [5.41, 5.74) is 4.78. The Balaban J connectivity index is 1.65. The van der Waals surface area contributed by atoms with E-state index in [-0.39, 0.29) is 5.75 Å². The minimum Gasteiger partial charge on any atom is -0.497 e. The highest BCUT2D eigenvalue weighted by Gasteiger charge is 2.28. The molecule has 1 aliphatic heterocycles. The lowest BCUT2D eigenvalue weighted by molar-refractivity contribution is 0.415. The fourth-order valence-corrected chi connectivity index (χ4v) is 5.26. The number of fused-ring (bicyclic) bond motifs is 1. The second kappa shape index (κ2) is 6.98. The highest BCUT2D eigenvalue weighted by molar-refractivity contribution is 7.92. The molecule has 140 valence electrons. The highest BCUT2D eigenvalue weighted by Crippen LogP contribution is 2.36. The van der Waals surface area contributed by atoms with Gasteiger partial charge in [0.05, 0.1) is 24.2 Å². The maximum atomic E-state index is 12.2. The molecular weight excluding hydrogens is 380 g/mol. The zero-order chi connectivity index (χ0) is 19.0. The lowest BCUT2D eigenvalue weighted by atomic mass is 10.1. The molecule has 1 aliphatic rings. The van der Waals surface area contributed by atoms with Crippen molar-refractivity contribution in [2.24, 2.45) is 0 Å². The number of rotatable bonds is 5. The third-order valence-electron chi connectivity index (χ3n) is 4.75. The van der Waals surface area contributed by atoms with Gasteiger partial charge in [0, 0.05) is 23.1 Å². The van der Waals surface area contributed by atoms with Crippen LogP contribution in [0.3, 0.4) is 0 Å². The molecular formula is C20H20N2O3S2. The van der Waals surface area contributed by atoms with Crippen molar-refractivity contribution in [3.05, 3.63) is 53.4 Å². The summed E-state index contributed by atoms with van der Waals surface area (Å²) in [7, 11) is -1.57. The Morgan fingerprint density at radius 1 is 1.19 bits per heavy atom. The van der Waals surface area contributed by atoms with E-state index in [1.54, 1.807) is 25.4 Å². The van der Waals surface area contributed by atoms with E-state index in [0.29, 0.717) is 6.54 Å². The van der Waals surface area contributed by atoms with Gasteiger partial charge in [0.25, 0.3) is 0 Å². The number of anilines is 1. The summed E-state index contributed by atoms with van der Waals surface area (Å²) in [5.74, 6) is 0.920. The van der Waals surface area contributed by atoms with E-state index in [1.807, 2.05) is 41.8 Å². The minimum absolute atomic E-state index is 0.115. The Morgan fingerprint density at radius 2 is 2.04 bits per heavy atom. The van der Waals surface area contributed by atoms with Crippen LogP contribution in [0.15, 0.2) is 47.8 Å². The van der Waals surface area contributed by atoms with Crippen LogP contribution in [0.25, 0.3) is 21.8 Å². The average Bonchev–Trinajstić information content (AvgIpc) is 3.35. The maximum absolute atomic E-state index is 12.2. The average molecular weight is 401 g/mol. The zero-order valence-electron chi connectivity index (χ0n) is 15.2. The summed E-state index contributed by atoms with van der Waals surface area (Å²) in [6.45, 7) is 2.19. The Bertz CT molecular complexity index is 1090. The van der Waals surface area contributed by atoms with Gasteiger partial charge in [-0.05, 0) is 43.2 Å². The van der Waals surface area contributed by atoms with Gasteiger partial charge >= 0.3 is 0 Å². The number of methoxy groups -OCH3 is 1. The summed E-state index contributed by atoms with van der Waals surface area (Å²) in [4.78, 5) is 4.77. The van der Waals surface area contributed by atoms with Crippen LogP contribution in [0.1, 0.15) is 12.5 Å². The van der Waals surface area contributed by atoms with Gasteiger partial charge in [0.2, 0.25) is 10.0 Å². The summed E-state index contributed by atoms with van der Waals surface area (Å²) >= 11 is 1.59. The van der Waals surface area contributed by atoms with Crippen LogP contribution in [0.5, 0.6) is 5.75 Å². The van der Waals surface area contributed by atoms with Crippen molar-refractivity contribution in [3.63, 3.8) is 0 Å². The van der Waals surface area contributed by atoms with Crippen molar-refractivity contribution < 1.29 is 13.2 Å². The second-order valence-electron chi connectivity index (χ2n) is 6.34. The quantitative estimate of drug-likeness (QED) is 0.644. The van der Waals surface area contributed by atoms with Crippen molar-refractivity contribution in [2.45, 2.75) is 13.3 Å². The summed E-state index contributed by atoms with van der Waals surface area (Å²) < 4.78 is 31.3. The van der Waals surface area contributed by atoms with Gasteiger partial charge in [-0.3, -0.25) is 4.31 Å². The van der Waals surface area contributed by atoms with E-state index in [9.17, 15) is 8.42 Å². The van der Waals surface area contributed by atoms with Crippen molar-refractivity contribution >= 4 is 27.0 Å². The van der Waals surface area contributed by atoms with E-state index in [4.69, 9.17) is 9.72 Å². The molecule has 0 saturated heterocycles. The molecule has 7 heteroatoms. The smallest absolute Gasteiger partial charge is 0.234 e. The molecule has 0 unspecified atom stereocenters. The van der Waals surface area contributed by atoms with Crippen LogP contribution in [0.2, 0.25) is 0 Å². The number of nitrogens with zero attached hydrogens (tertiary/aromatic N) is 2. The van der Waals surface area contributed by atoms with E-state index in [0.717, 1.165) is 45.2 Å². The number of hydrogen-bond acceptors (Lipinski definition) is 5. The van der Waals surface area contributed by atoms with E-state index >= 15 is 0 Å². The van der Waals surface area contributed by atoms with Crippen LogP contribution in [0.4, 0.5) is 5.69 Å². The summed E-state index contributed by atoms with van der Waals surface area (Å²) in [6, 6.07) is 13.8. The van der Waals surface area contributed by atoms with E-state index < -0.39 is 10.0 Å². The van der Waals surface area contributed by atoms with Gasteiger partial charge in [-0.15, -0.1) is 11.3 Å². The van der Waals surface area contributed by atoms with Crippen LogP contribution < -0.4 is 9.04 Å². The first-order chi connectivity index (χ1) is 13.0. The first kappa shape index (κ1) is 18.0. The first-order valence-corrected chi connectivity index (χ1v) is 11.2.